The quantitative estimate of drug-likeness (QED) is 0.542. The van der Waals surface area contributed by atoms with Crippen molar-refractivity contribution in [3.05, 3.63) is 23.1 Å². The smallest absolute Gasteiger partial charge is 0.430 e. The van der Waals surface area contributed by atoms with Gasteiger partial charge in [-0.25, -0.2) is 0 Å². The first-order valence-corrected chi connectivity index (χ1v) is 6.66. The first-order valence-electron chi connectivity index (χ1n) is 6.66. The van der Waals surface area contributed by atoms with Crippen LogP contribution in [-0.2, 0) is 23.4 Å². The molecule has 0 unspecified atom stereocenters. The molecule has 19 heavy (non-hydrogen) atoms. The van der Waals surface area contributed by atoms with E-state index in [9.17, 15) is 4.79 Å². The zero-order valence-electron chi connectivity index (χ0n) is 14.0. The molecular formula is C16H29NOV. The second-order valence-corrected chi connectivity index (χ2v) is 5.87. The van der Waals surface area contributed by atoms with E-state index in [0.29, 0.717) is 6.42 Å². The maximum Gasteiger partial charge on any atom is 2.00 e. The third-order valence-electron chi connectivity index (χ3n) is 3.97. The molecule has 0 bridgehead atoms. The van der Waals surface area contributed by atoms with Crippen molar-refractivity contribution >= 4 is 5.78 Å². The van der Waals surface area contributed by atoms with Crippen LogP contribution in [0, 0.1) is 11.8 Å². The largest absolute Gasteiger partial charge is 2.00 e. The van der Waals surface area contributed by atoms with Gasteiger partial charge in [0.1, 0.15) is 0 Å². The van der Waals surface area contributed by atoms with Gasteiger partial charge in [-0.3, -0.25) is 5.92 Å². The molecule has 0 spiro atoms. The molecule has 0 fully saturated rings. The van der Waals surface area contributed by atoms with Gasteiger partial charge in [0.25, 0.3) is 0 Å². The zero-order valence-corrected chi connectivity index (χ0v) is 15.4. The van der Waals surface area contributed by atoms with E-state index in [0.717, 1.165) is 11.3 Å². The van der Waals surface area contributed by atoms with Gasteiger partial charge in [-0.1, -0.05) is 26.3 Å². The molecule has 3 heteroatoms. The summed E-state index contributed by atoms with van der Waals surface area (Å²) in [5.74, 6) is 2.74. The maximum absolute atomic E-state index is 12.0. The zero-order chi connectivity index (χ0) is 14.7. The van der Waals surface area contributed by atoms with Crippen LogP contribution in [0.25, 0.3) is 0 Å². The van der Waals surface area contributed by atoms with Gasteiger partial charge >= 0.3 is 18.6 Å². The number of carbonyl (C=O) groups excluding carboxylic acids is 1. The number of carbonyl (C=O) groups is 1. The van der Waals surface area contributed by atoms with Crippen LogP contribution < -0.4 is 0 Å². The average molecular weight is 302 g/mol. The van der Waals surface area contributed by atoms with E-state index in [-0.39, 0.29) is 29.9 Å². The van der Waals surface area contributed by atoms with Crippen LogP contribution in [0.3, 0.4) is 0 Å². The number of hydrogen-bond donors (Lipinski definition) is 0. The van der Waals surface area contributed by atoms with E-state index >= 15 is 0 Å². The SMILES string of the molecule is CCC(=O)/C(C)=C(/[C-](C)C)N(C)C(C)(C)[C-](C)C.[V+2]. The van der Waals surface area contributed by atoms with Crippen molar-refractivity contribution in [2.75, 3.05) is 7.05 Å². The van der Waals surface area contributed by atoms with Crippen LogP contribution in [0.4, 0.5) is 0 Å². The predicted molar refractivity (Wildman–Crippen MR) is 79.0 cm³/mol. The third kappa shape index (κ3) is 4.93. The van der Waals surface area contributed by atoms with E-state index in [4.69, 9.17) is 0 Å². The van der Waals surface area contributed by atoms with Gasteiger partial charge in [0.05, 0.1) is 5.78 Å². The van der Waals surface area contributed by atoms with Crippen LogP contribution in [-0.4, -0.2) is 23.3 Å². The number of hydrogen-bond acceptors (Lipinski definition) is 2. The average Bonchev–Trinajstić information content (AvgIpc) is 2.26. The van der Waals surface area contributed by atoms with Gasteiger partial charge < -0.3 is 9.69 Å². The Morgan fingerprint density at radius 1 is 1.16 bits per heavy atom. The Morgan fingerprint density at radius 2 is 1.58 bits per heavy atom. The number of nitrogens with zero attached hydrogens (tertiary/aromatic N) is 1. The molecule has 0 aromatic carbocycles. The Kier molecular flexibility index (Phi) is 8.90. The molecule has 0 aliphatic carbocycles. The van der Waals surface area contributed by atoms with Gasteiger partial charge in [0, 0.05) is 7.05 Å². The van der Waals surface area contributed by atoms with E-state index in [1.54, 1.807) is 0 Å². The Bertz CT molecular complexity index is 330. The topological polar surface area (TPSA) is 20.3 Å². The maximum atomic E-state index is 12.0. The van der Waals surface area contributed by atoms with Gasteiger partial charge in [0.15, 0.2) is 0 Å². The summed E-state index contributed by atoms with van der Waals surface area (Å²) in [6, 6.07) is 0. The van der Waals surface area contributed by atoms with Crippen LogP contribution in [0.15, 0.2) is 11.3 Å². The second kappa shape index (κ2) is 8.06. The molecule has 0 aliphatic rings. The van der Waals surface area contributed by atoms with E-state index < -0.39 is 0 Å². The molecule has 0 heterocycles. The molecule has 0 aromatic rings. The van der Waals surface area contributed by atoms with Crippen LogP contribution in [0.1, 0.15) is 61.8 Å². The normalized spacial score (nSPS) is 12.7. The standard InChI is InChI=1S/C16H29NO.V/c1-10-14(18)13(6)15(11(2)3)17(9)16(7,8)12(4)5;/h10H2,1-9H3;/q-2;+2/b15-13-;. The summed E-state index contributed by atoms with van der Waals surface area (Å²) in [6.07, 6.45) is 0.561. The molecule has 0 aliphatic heterocycles. The van der Waals surface area contributed by atoms with Gasteiger partial charge in [-0.2, -0.15) is 19.8 Å². The summed E-state index contributed by atoms with van der Waals surface area (Å²) in [5, 5.41) is 0. The fourth-order valence-corrected chi connectivity index (χ4v) is 1.97. The number of allylic oxidation sites excluding steroid dienone is 2. The first-order chi connectivity index (χ1) is 8.07. The van der Waals surface area contributed by atoms with Crippen molar-refractivity contribution in [1.29, 1.82) is 0 Å². The fraction of sp³-hybridized carbons (Fsp3) is 0.688. The molecule has 109 valence electrons. The van der Waals surface area contributed by atoms with Crippen molar-refractivity contribution in [2.45, 2.75) is 67.3 Å². The molecule has 0 saturated carbocycles. The molecule has 0 saturated heterocycles. The number of ketones is 1. The molecule has 0 aromatic heterocycles. The van der Waals surface area contributed by atoms with Crippen molar-refractivity contribution in [3.8, 4) is 0 Å². The molecule has 2 nitrogen and oxygen atoms in total. The molecular weight excluding hydrogens is 273 g/mol. The summed E-state index contributed by atoms with van der Waals surface area (Å²) >= 11 is 0. The Labute approximate surface area is 131 Å². The summed E-state index contributed by atoms with van der Waals surface area (Å²) in [4.78, 5) is 14.2. The van der Waals surface area contributed by atoms with Gasteiger partial charge in [-0.05, 0) is 6.42 Å². The monoisotopic (exact) mass is 302 g/mol. The van der Waals surface area contributed by atoms with E-state index in [1.165, 1.54) is 11.8 Å². The summed E-state index contributed by atoms with van der Waals surface area (Å²) in [6.45, 7) is 16.6. The van der Waals surface area contributed by atoms with Crippen molar-refractivity contribution < 1.29 is 23.4 Å². The molecule has 0 N–H and O–H groups in total. The van der Waals surface area contributed by atoms with Crippen molar-refractivity contribution in [1.82, 2.24) is 4.90 Å². The van der Waals surface area contributed by atoms with Crippen LogP contribution >= 0.6 is 0 Å². The number of rotatable bonds is 6. The Balaban J connectivity index is 0. The van der Waals surface area contributed by atoms with Gasteiger partial charge in [0.2, 0.25) is 0 Å². The van der Waals surface area contributed by atoms with Crippen LogP contribution in [0.5, 0.6) is 0 Å². The second-order valence-electron chi connectivity index (χ2n) is 5.87. The summed E-state index contributed by atoms with van der Waals surface area (Å²) in [5.41, 5.74) is 1.89. The minimum absolute atomic E-state index is 0. The molecule has 0 rings (SSSR count). The van der Waals surface area contributed by atoms with E-state index in [2.05, 4.69) is 53.5 Å². The predicted octanol–water partition coefficient (Wildman–Crippen LogP) is 4.18. The van der Waals surface area contributed by atoms with Crippen molar-refractivity contribution in [2.24, 2.45) is 0 Å². The van der Waals surface area contributed by atoms with Gasteiger partial charge in [-0.15, -0.1) is 32.0 Å². The minimum atomic E-state index is -0.0537. The van der Waals surface area contributed by atoms with E-state index in [1.807, 2.05) is 13.8 Å². The van der Waals surface area contributed by atoms with Crippen LogP contribution in [0.2, 0.25) is 0 Å². The molecule has 0 atom stereocenters. The minimum Gasteiger partial charge on any atom is -0.430 e. The fourth-order valence-electron chi connectivity index (χ4n) is 1.97. The number of Topliss-reactive ketones (excluding diaryl/α,β-unsaturated/α-hetero) is 1. The van der Waals surface area contributed by atoms with Crippen molar-refractivity contribution in [3.63, 3.8) is 0 Å². The first kappa shape index (κ1) is 21.0. The summed E-state index contributed by atoms with van der Waals surface area (Å²) in [7, 11) is 2.07. The Hall–Kier alpha value is -0.336. The third-order valence-corrected chi connectivity index (χ3v) is 3.97. The Morgan fingerprint density at radius 3 is 1.84 bits per heavy atom. The molecule has 0 amide bonds. The summed E-state index contributed by atoms with van der Waals surface area (Å²) < 4.78 is 0. The molecule has 1 radical (unpaired) electrons.